The van der Waals surface area contributed by atoms with Gasteiger partial charge in [-0.1, -0.05) is 24.3 Å². The number of aromatic nitrogens is 2. The average molecular weight is 258 g/mol. The van der Waals surface area contributed by atoms with Gasteiger partial charge >= 0.3 is 0 Å². The van der Waals surface area contributed by atoms with Gasteiger partial charge in [0.2, 0.25) is 5.91 Å². The Morgan fingerprint density at radius 2 is 2.16 bits per heavy atom. The molecule has 0 bridgehead atoms. The number of nitrogens with zero attached hydrogens (tertiary/aromatic N) is 2. The second kappa shape index (κ2) is 5.56. The Hall–Kier alpha value is -2.30. The van der Waals surface area contributed by atoms with Crippen molar-refractivity contribution in [1.82, 2.24) is 9.78 Å². The number of nitrogens with two attached hydrogens (primary N) is 1. The number of hydrogen-bond donors (Lipinski definition) is 2. The zero-order valence-corrected chi connectivity index (χ0v) is 11.2. The van der Waals surface area contributed by atoms with Crippen molar-refractivity contribution in [3.05, 3.63) is 41.6 Å². The molecule has 0 aliphatic heterocycles. The van der Waals surface area contributed by atoms with Gasteiger partial charge in [0.1, 0.15) is 0 Å². The number of amides is 1. The maximum absolute atomic E-state index is 11.9. The molecule has 5 nitrogen and oxygen atoms in total. The molecule has 0 atom stereocenters. The van der Waals surface area contributed by atoms with Gasteiger partial charge in [0, 0.05) is 13.5 Å². The zero-order valence-electron chi connectivity index (χ0n) is 11.2. The lowest BCUT2D eigenvalue weighted by Gasteiger charge is -2.08. The normalized spacial score (nSPS) is 10.4. The summed E-state index contributed by atoms with van der Waals surface area (Å²) < 4.78 is 1.56. The Kier molecular flexibility index (Phi) is 3.85. The standard InChI is InChI=1S/C14H18N4O/c1-10-5-3-4-6-11(10)7-8-13(19)17-14-12(15)9-16-18(14)2/h3-6,9H,7-8,15H2,1-2H3,(H,17,19). The van der Waals surface area contributed by atoms with E-state index >= 15 is 0 Å². The van der Waals surface area contributed by atoms with E-state index in [1.807, 2.05) is 31.2 Å². The highest BCUT2D eigenvalue weighted by atomic mass is 16.1. The summed E-state index contributed by atoms with van der Waals surface area (Å²) in [6.45, 7) is 2.05. The molecule has 0 fully saturated rings. The minimum absolute atomic E-state index is 0.0569. The van der Waals surface area contributed by atoms with E-state index in [4.69, 9.17) is 5.73 Å². The van der Waals surface area contributed by atoms with E-state index in [0.717, 1.165) is 6.42 Å². The molecule has 0 aliphatic rings. The van der Waals surface area contributed by atoms with E-state index in [1.54, 1.807) is 11.7 Å². The monoisotopic (exact) mass is 258 g/mol. The minimum Gasteiger partial charge on any atom is -0.394 e. The van der Waals surface area contributed by atoms with Crippen molar-refractivity contribution in [2.24, 2.45) is 7.05 Å². The van der Waals surface area contributed by atoms with Gasteiger partial charge in [-0.2, -0.15) is 5.10 Å². The molecule has 0 spiro atoms. The Balaban J connectivity index is 1.94. The molecule has 0 aliphatic carbocycles. The fraction of sp³-hybridized carbons (Fsp3) is 0.286. The molecule has 1 aromatic heterocycles. The van der Waals surface area contributed by atoms with Crippen molar-refractivity contribution in [2.45, 2.75) is 19.8 Å². The van der Waals surface area contributed by atoms with Crippen LogP contribution in [0.5, 0.6) is 0 Å². The molecular weight excluding hydrogens is 240 g/mol. The Bertz CT molecular complexity index is 569. The molecule has 0 saturated carbocycles. The van der Waals surface area contributed by atoms with E-state index in [1.165, 1.54) is 17.3 Å². The van der Waals surface area contributed by atoms with Crippen molar-refractivity contribution in [3.63, 3.8) is 0 Å². The van der Waals surface area contributed by atoms with E-state index in [-0.39, 0.29) is 5.91 Å². The van der Waals surface area contributed by atoms with Crippen LogP contribution in [-0.2, 0) is 18.3 Å². The van der Waals surface area contributed by atoms with Gasteiger partial charge in [-0.3, -0.25) is 9.48 Å². The van der Waals surface area contributed by atoms with Crippen molar-refractivity contribution in [3.8, 4) is 0 Å². The Labute approximate surface area is 112 Å². The largest absolute Gasteiger partial charge is 0.394 e. The first-order valence-electron chi connectivity index (χ1n) is 6.19. The summed E-state index contributed by atoms with van der Waals surface area (Å²) in [6, 6.07) is 8.07. The molecule has 19 heavy (non-hydrogen) atoms. The topological polar surface area (TPSA) is 72.9 Å². The molecule has 100 valence electrons. The molecule has 5 heteroatoms. The second-order valence-corrected chi connectivity index (χ2v) is 4.55. The minimum atomic E-state index is -0.0569. The molecule has 1 heterocycles. The van der Waals surface area contributed by atoms with Crippen LogP contribution in [0, 0.1) is 6.92 Å². The third-order valence-corrected chi connectivity index (χ3v) is 3.11. The number of benzene rings is 1. The number of hydrogen-bond acceptors (Lipinski definition) is 3. The van der Waals surface area contributed by atoms with Gasteiger partial charge in [0.05, 0.1) is 11.9 Å². The highest BCUT2D eigenvalue weighted by Gasteiger charge is 2.10. The summed E-state index contributed by atoms with van der Waals surface area (Å²) in [5, 5.41) is 6.76. The van der Waals surface area contributed by atoms with Crippen molar-refractivity contribution < 1.29 is 4.79 Å². The van der Waals surface area contributed by atoms with Crippen LogP contribution in [0.3, 0.4) is 0 Å². The van der Waals surface area contributed by atoms with Crippen molar-refractivity contribution >= 4 is 17.4 Å². The Morgan fingerprint density at radius 1 is 1.42 bits per heavy atom. The number of carbonyl (C=O) groups is 1. The lowest BCUT2D eigenvalue weighted by atomic mass is 10.0. The van der Waals surface area contributed by atoms with E-state index < -0.39 is 0 Å². The van der Waals surface area contributed by atoms with Crippen LogP contribution in [0.2, 0.25) is 0 Å². The second-order valence-electron chi connectivity index (χ2n) is 4.55. The lowest BCUT2D eigenvalue weighted by molar-refractivity contribution is -0.116. The molecular formula is C14H18N4O. The summed E-state index contributed by atoms with van der Waals surface area (Å²) in [5.74, 6) is 0.494. The summed E-state index contributed by atoms with van der Waals surface area (Å²) in [5.41, 5.74) is 8.60. The van der Waals surface area contributed by atoms with Gasteiger partial charge in [-0.25, -0.2) is 0 Å². The summed E-state index contributed by atoms with van der Waals surface area (Å²) in [4.78, 5) is 11.9. The fourth-order valence-electron chi connectivity index (χ4n) is 1.94. The molecule has 3 N–H and O–H groups in total. The number of rotatable bonds is 4. The first-order valence-corrected chi connectivity index (χ1v) is 6.19. The predicted molar refractivity (Wildman–Crippen MR) is 75.8 cm³/mol. The van der Waals surface area contributed by atoms with Gasteiger partial charge in [-0.05, 0) is 24.5 Å². The number of aryl methyl sites for hydroxylation is 3. The van der Waals surface area contributed by atoms with Gasteiger partial charge in [0.15, 0.2) is 5.82 Å². The highest BCUT2D eigenvalue weighted by molar-refractivity contribution is 5.92. The quantitative estimate of drug-likeness (QED) is 0.879. The van der Waals surface area contributed by atoms with E-state index in [0.29, 0.717) is 17.9 Å². The smallest absolute Gasteiger partial charge is 0.225 e. The zero-order chi connectivity index (χ0) is 13.8. The van der Waals surface area contributed by atoms with Crippen LogP contribution in [0.4, 0.5) is 11.5 Å². The highest BCUT2D eigenvalue weighted by Crippen LogP contribution is 2.16. The third kappa shape index (κ3) is 3.13. The number of nitrogen functional groups attached to an aromatic ring is 1. The number of nitrogens with one attached hydrogen (secondary N) is 1. The van der Waals surface area contributed by atoms with Gasteiger partial charge in [-0.15, -0.1) is 0 Å². The van der Waals surface area contributed by atoms with Crippen molar-refractivity contribution in [2.75, 3.05) is 11.1 Å². The third-order valence-electron chi connectivity index (χ3n) is 3.11. The maximum atomic E-state index is 11.9. The SMILES string of the molecule is Cc1ccccc1CCC(=O)Nc1c(N)cnn1C. The average Bonchev–Trinajstić information content (AvgIpc) is 2.70. The summed E-state index contributed by atoms with van der Waals surface area (Å²) >= 11 is 0. The molecule has 2 rings (SSSR count). The van der Waals surface area contributed by atoms with Gasteiger partial charge < -0.3 is 11.1 Å². The molecule has 0 unspecified atom stereocenters. The molecule has 2 aromatic rings. The van der Waals surface area contributed by atoms with Crippen LogP contribution in [-0.4, -0.2) is 15.7 Å². The van der Waals surface area contributed by atoms with E-state index in [9.17, 15) is 4.79 Å². The number of anilines is 2. The molecule has 0 saturated heterocycles. The summed E-state index contributed by atoms with van der Waals surface area (Å²) in [7, 11) is 1.74. The first-order chi connectivity index (χ1) is 9.08. The first kappa shape index (κ1) is 13.1. The lowest BCUT2D eigenvalue weighted by Crippen LogP contribution is -2.16. The summed E-state index contributed by atoms with van der Waals surface area (Å²) in [6.07, 6.45) is 2.67. The van der Waals surface area contributed by atoms with Crippen LogP contribution < -0.4 is 11.1 Å². The van der Waals surface area contributed by atoms with Gasteiger partial charge in [0.25, 0.3) is 0 Å². The molecule has 1 amide bonds. The molecule has 1 aromatic carbocycles. The number of carbonyl (C=O) groups excluding carboxylic acids is 1. The Morgan fingerprint density at radius 3 is 2.79 bits per heavy atom. The van der Waals surface area contributed by atoms with Crippen LogP contribution in [0.15, 0.2) is 30.5 Å². The van der Waals surface area contributed by atoms with Crippen LogP contribution in [0.25, 0.3) is 0 Å². The predicted octanol–water partition coefficient (Wildman–Crippen LogP) is 1.88. The maximum Gasteiger partial charge on any atom is 0.225 e. The van der Waals surface area contributed by atoms with Crippen LogP contribution in [0.1, 0.15) is 17.5 Å². The molecule has 0 radical (unpaired) electrons. The van der Waals surface area contributed by atoms with Crippen LogP contribution >= 0.6 is 0 Å². The fourth-order valence-corrected chi connectivity index (χ4v) is 1.94. The van der Waals surface area contributed by atoms with Crippen molar-refractivity contribution in [1.29, 1.82) is 0 Å². The van der Waals surface area contributed by atoms with E-state index in [2.05, 4.69) is 10.4 Å².